The molecule has 158 valence electrons. The van der Waals surface area contributed by atoms with E-state index in [1.807, 2.05) is 26.0 Å². The highest BCUT2D eigenvalue weighted by molar-refractivity contribution is 5.65. The number of phenolic OH excluding ortho intramolecular Hbond substituents is 2. The first kappa shape index (κ1) is 21.3. The van der Waals surface area contributed by atoms with Crippen LogP contribution in [0.2, 0.25) is 0 Å². The largest absolute Gasteiger partial charge is 0.508 e. The summed E-state index contributed by atoms with van der Waals surface area (Å²) in [5, 5.41) is 28.2. The molecular formula is C24H33NO4. The number of ether oxygens (including phenoxy) is 1. The molecule has 1 fully saturated rings. The summed E-state index contributed by atoms with van der Waals surface area (Å²) < 4.78 is 5.63. The molecule has 1 saturated heterocycles. The minimum Gasteiger partial charge on any atom is -0.508 e. The van der Waals surface area contributed by atoms with Crippen molar-refractivity contribution in [1.82, 2.24) is 0 Å². The third-order valence-corrected chi connectivity index (χ3v) is 5.89. The molecule has 3 N–H and O–H groups in total. The van der Waals surface area contributed by atoms with Gasteiger partial charge in [-0.15, -0.1) is 0 Å². The molecule has 2 aliphatic rings. The van der Waals surface area contributed by atoms with Crippen LogP contribution in [0.3, 0.4) is 0 Å². The number of rotatable bonds is 3. The van der Waals surface area contributed by atoms with Crippen LogP contribution in [0.5, 0.6) is 17.2 Å². The highest BCUT2D eigenvalue weighted by Crippen LogP contribution is 2.45. The van der Waals surface area contributed by atoms with E-state index in [9.17, 15) is 5.11 Å². The molecule has 0 bridgehead atoms. The van der Waals surface area contributed by atoms with E-state index in [1.54, 1.807) is 18.2 Å². The molecule has 29 heavy (non-hydrogen) atoms. The molecular weight excluding hydrogens is 366 g/mol. The number of hydrogen-bond acceptors (Lipinski definition) is 5. The minimum atomic E-state index is -0.228. The molecule has 0 amide bonds. The number of aromatic hydroxyl groups is 2. The Labute approximate surface area is 173 Å². The van der Waals surface area contributed by atoms with Crippen LogP contribution in [0.25, 0.3) is 0 Å². The van der Waals surface area contributed by atoms with E-state index in [1.165, 1.54) is 18.4 Å². The van der Waals surface area contributed by atoms with Crippen LogP contribution in [-0.2, 0) is 10.8 Å². The van der Waals surface area contributed by atoms with Crippen LogP contribution in [0, 0.1) is 0 Å². The summed E-state index contributed by atoms with van der Waals surface area (Å²) in [7, 11) is 0. The zero-order valence-corrected chi connectivity index (χ0v) is 17.9. The lowest BCUT2D eigenvalue weighted by atomic mass is 9.86. The second-order valence-electron chi connectivity index (χ2n) is 9.29. The molecule has 5 nitrogen and oxygen atoms in total. The van der Waals surface area contributed by atoms with Crippen molar-refractivity contribution in [3.05, 3.63) is 47.5 Å². The zero-order valence-electron chi connectivity index (χ0n) is 17.9. The number of nitrogens with zero attached hydrogens (tertiary/aromatic N) is 1. The molecule has 2 aliphatic heterocycles. The second-order valence-corrected chi connectivity index (χ2v) is 9.29. The van der Waals surface area contributed by atoms with Crippen molar-refractivity contribution in [2.45, 2.75) is 51.4 Å². The van der Waals surface area contributed by atoms with Crippen molar-refractivity contribution in [2.75, 3.05) is 31.2 Å². The van der Waals surface area contributed by atoms with Crippen LogP contribution >= 0.6 is 0 Å². The van der Waals surface area contributed by atoms with Gasteiger partial charge in [-0.3, -0.25) is 0 Å². The number of aliphatic hydroxyl groups is 1. The van der Waals surface area contributed by atoms with Gasteiger partial charge in [0.05, 0.1) is 18.9 Å². The molecule has 0 unspecified atom stereocenters. The second kappa shape index (κ2) is 8.15. The van der Waals surface area contributed by atoms with Crippen molar-refractivity contribution in [3.8, 4) is 17.2 Å². The summed E-state index contributed by atoms with van der Waals surface area (Å²) in [6, 6.07) is 10.8. The number of anilines is 1. The number of phenols is 2. The van der Waals surface area contributed by atoms with E-state index in [-0.39, 0.29) is 23.2 Å². The quantitative estimate of drug-likeness (QED) is 0.717. The molecule has 5 heteroatoms. The Bertz CT molecular complexity index is 837. The monoisotopic (exact) mass is 399 g/mol. The van der Waals surface area contributed by atoms with E-state index in [4.69, 9.17) is 14.9 Å². The standard InChI is InChI=1S/C14H19NO2.C10H14O2/c1-14(2)9-17-13-8-12(16)11(7-10(13)14)15-5-3-4-6-15;1-10(2,7-11)8-3-5-9(12)6-4-8/h7-8,16H,3-6,9H2,1-2H3;3-6,11-12H,7H2,1-2H3. The van der Waals surface area contributed by atoms with E-state index in [2.05, 4.69) is 24.8 Å². The van der Waals surface area contributed by atoms with Crippen LogP contribution in [0.15, 0.2) is 36.4 Å². The van der Waals surface area contributed by atoms with Gasteiger partial charge >= 0.3 is 0 Å². The van der Waals surface area contributed by atoms with Gasteiger partial charge in [-0.25, -0.2) is 0 Å². The molecule has 2 aromatic carbocycles. The number of fused-ring (bicyclic) bond motifs is 1. The molecule has 0 aliphatic carbocycles. The van der Waals surface area contributed by atoms with E-state index >= 15 is 0 Å². The third kappa shape index (κ3) is 4.61. The third-order valence-electron chi connectivity index (χ3n) is 5.89. The van der Waals surface area contributed by atoms with E-state index in [0.29, 0.717) is 12.4 Å². The van der Waals surface area contributed by atoms with Gasteiger partial charge in [0.15, 0.2) is 0 Å². The summed E-state index contributed by atoms with van der Waals surface area (Å²) in [5.74, 6) is 1.45. The summed E-state index contributed by atoms with van der Waals surface area (Å²) in [6.45, 7) is 11.2. The maximum absolute atomic E-state index is 10.1. The Kier molecular flexibility index (Phi) is 5.99. The van der Waals surface area contributed by atoms with Crippen molar-refractivity contribution in [3.63, 3.8) is 0 Å². The van der Waals surface area contributed by atoms with Crippen LogP contribution in [0.1, 0.15) is 51.7 Å². The Balaban J connectivity index is 0.000000177. The number of benzene rings is 2. The molecule has 0 radical (unpaired) electrons. The topological polar surface area (TPSA) is 73.2 Å². The van der Waals surface area contributed by atoms with Gasteiger partial charge in [0.1, 0.15) is 17.2 Å². The highest BCUT2D eigenvalue weighted by Gasteiger charge is 2.33. The molecule has 0 spiro atoms. The smallest absolute Gasteiger partial charge is 0.142 e. The summed E-state index contributed by atoms with van der Waals surface area (Å²) >= 11 is 0. The van der Waals surface area contributed by atoms with Crippen LogP contribution in [-0.4, -0.2) is 41.6 Å². The molecule has 0 aromatic heterocycles. The zero-order chi connectivity index (χ0) is 21.2. The summed E-state index contributed by atoms with van der Waals surface area (Å²) in [5.41, 5.74) is 3.05. The minimum absolute atomic E-state index is 0.0531. The lowest BCUT2D eigenvalue weighted by Crippen LogP contribution is -2.21. The predicted octanol–water partition coefficient (Wildman–Crippen LogP) is 4.32. The van der Waals surface area contributed by atoms with Gasteiger partial charge in [-0.2, -0.15) is 0 Å². The molecule has 0 saturated carbocycles. The summed E-state index contributed by atoms with van der Waals surface area (Å²) in [4.78, 5) is 2.27. The first-order valence-electron chi connectivity index (χ1n) is 10.3. The first-order chi connectivity index (χ1) is 13.6. The van der Waals surface area contributed by atoms with Crippen molar-refractivity contribution >= 4 is 5.69 Å². The Morgan fingerprint density at radius 2 is 1.66 bits per heavy atom. The van der Waals surface area contributed by atoms with Gasteiger partial charge in [0, 0.05) is 35.5 Å². The van der Waals surface area contributed by atoms with Gasteiger partial charge in [-0.05, 0) is 36.6 Å². The van der Waals surface area contributed by atoms with Crippen molar-refractivity contribution in [2.24, 2.45) is 0 Å². The Morgan fingerprint density at radius 1 is 1.03 bits per heavy atom. The highest BCUT2D eigenvalue weighted by atomic mass is 16.5. The predicted molar refractivity (Wildman–Crippen MR) is 116 cm³/mol. The van der Waals surface area contributed by atoms with Gasteiger partial charge < -0.3 is 25.0 Å². The first-order valence-corrected chi connectivity index (χ1v) is 10.3. The number of aliphatic hydroxyl groups excluding tert-OH is 1. The fourth-order valence-electron chi connectivity index (χ4n) is 3.76. The van der Waals surface area contributed by atoms with E-state index in [0.717, 1.165) is 30.1 Å². The van der Waals surface area contributed by atoms with Crippen LogP contribution in [0.4, 0.5) is 5.69 Å². The Hall–Kier alpha value is -2.40. The van der Waals surface area contributed by atoms with Crippen molar-refractivity contribution in [1.29, 1.82) is 0 Å². The molecule has 2 heterocycles. The maximum atomic E-state index is 10.1. The van der Waals surface area contributed by atoms with Gasteiger partial charge in [-0.1, -0.05) is 39.8 Å². The van der Waals surface area contributed by atoms with Crippen LogP contribution < -0.4 is 9.64 Å². The normalized spacial score (nSPS) is 17.3. The lowest BCUT2D eigenvalue weighted by molar-refractivity contribution is 0.218. The van der Waals surface area contributed by atoms with E-state index < -0.39 is 0 Å². The molecule has 0 atom stereocenters. The van der Waals surface area contributed by atoms with Gasteiger partial charge in [0.2, 0.25) is 0 Å². The maximum Gasteiger partial charge on any atom is 0.142 e. The average Bonchev–Trinajstić information content (AvgIpc) is 3.30. The fourth-order valence-corrected chi connectivity index (χ4v) is 3.76. The van der Waals surface area contributed by atoms with Gasteiger partial charge in [0.25, 0.3) is 0 Å². The average molecular weight is 400 g/mol. The fraction of sp³-hybridized carbons (Fsp3) is 0.500. The summed E-state index contributed by atoms with van der Waals surface area (Å²) in [6.07, 6.45) is 2.44. The Morgan fingerprint density at radius 3 is 2.24 bits per heavy atom. The number of hydrogen-bond donors (Lipinski definition) is 3. The SMILES string of the molecule is CC(C)(CO)c1ccc(O)cc1.CC1(C)COc2cc(O)c(N3CCCC3)cc21. The van der Waals surface area contributed by atoms with Crippen molar-refractivity contribution < 1.29 is 20.1 Å². The lowest BCUT2D eigenvalue weighted by Gasteiger charge is -2.22. The molecule has 4 rings (SSSR count). The molecule has 2 aromatic rings.